The third-order valence-corrected chi connectivity index (χ3v) is 6.22. The Labute approximate surface area is 264 Å². The molecule has 6 nitrogen and oxygen atoms in total. The third-order valence-electron chi connectivity index (χ3n) is 6.22. The van der Waals surface area contributed by atoms with Crippen molar-refractivity contribution in [2.45, 2.75) is 142 Å². The average molecular weight is 668 g/mol. The van der Waals surface area contributed by atoms with Gasteiger partial charge in [0.1, 0.15) is 0 Å². The first kappa shape index (κ1) is 45.9. The smallest absolute Gasteiger partial charge is 0.203 e. The van der Waals surface area contributed by atoms with Crippen LogP contribution in [0.4, 0.5) is 0 Å². The molecular formula is C33H60InO6. The zero-order valence-corrected chi connectivity index (χ0v) is 31.8. The normalized spacial score (nSPS) is 13.6. The monoisotopic (exact) mass is 667 g/mol. The Morgan fingerprint density at radius 1 is 0.425 bits per heavy atom. The van der Waals surface area contributed by atoms with Gasteiger partial charge in [0.05, 0.1) is 0 Å². The Kier molecular flexibility index (Phi) is 23.8. The third kappa shape index (κ3) is 19.1. The maximum atomic E-state index is 11.5. The molecule has 0 saturated carbocycles. The van der Waals surface area contributed by atoms with Crippen LogP contribution in [-0.2, 0) is 28.8 Å². The molecule has 3 unspecified atom stereocenters. The molecule has 0 aliphatic heterocycles. The molecular weight excluding hydrogens is 607 g/mol. The van der Waals surface area contributed by atoms with Gasteiger partial charge in [-0.1, -0.05) is 123 Å². The second-order valence-electron chi connectivity index (χ2n) is 13.9. The Morgan fingerprint density at radius 2 is 0.575 bits per heavy atom. The van der Waals surface area contributed by atoms with Crippen LogP contribution < -0.4 is 0 Å². The molecule has 0 aliphatic carbocycles. The number of carbonyl (C=O) groups excluding carboxylic acids is 6. The van der Waals surface area contributed by atoms with Crippen molar-refractivity contribution in [2.75, 3.05) is 0 Å². The molecule has 0 aliphatic rings. The van der Waals surface area contributed by atoms with E-state index >= 15 is 0 Å². The van der Waals surface area contributed by atoms with Gasteiger partial charge in [-0.15, -0.1) is 0 Å². The molecule has 0 amide bonds. The predicted octanol–water partition coefficient (Wildman–Crippen LogP) is 7.44. The van der Waals surface area contributed by atoms with Crippen LogP contribution in [0.15, 0.2) is 0 Å². The SMILES string of the molecule is CCCC(C)C(=O)C(=O)C(C)(C)C.CCCC(C)C(=O)C(=O)C(C)(C)C.CCCC(C)C(=O)C(=O)C(C)(C)C.[In]. The van der Waals surface area contributed by atoms with Gasteiger partial charge >= 0.3 is 0 Å². The van der Waals surface area contributed by atoms with Crippen LogP contribution in [0, 0.1) is 34.0 Å². The minimum atomic E-state index is -0.529. The van der Waals surface area contributed by atoms with Gasteiger partial charge in [-0.25, -0.2) is 0 Å². The summed E-state index contributed by atoms with van der Waals surface area (Å²) in [6.07, 6.45) is 5.26. The first-order valence-electron chi connectivity index (χ1n) is 14.7. The summed E-state index contributed by atoms with van der Waals surface area (Å²) >= 11 is 0. The molecule has 0 aromatic rings. The van der Waals surface area contributed by atoms with Crippen molar-refractivity contribution in [2.24, 2.45) is 34.0 Å². The van der Waals surface area contributed by atoms with E-state index in [4.69, 9.17) is 0 Å². The number of hydrogen-bond donors (Lipinski definition) is 0. The fraction of sp³-hybridized carbons (Fsp3) is 0.818. The molecule has 3 radical (unpaired) electrons. The van der Waals surface area contributed by atoms with E-state index in [1.54, 1.807) is 62.3 Å². The summed E-state index contributed by atoms with van der Waals surface area (Å²) in [6, 6.07) is 0. The largest absolute Gasteiger partial charge is 0.291 e. The molecule has 0 fully saturated rings. The topological polar surface area (TPSA) is 102 Å². The van der Waals surface area contributed by atoms with Crippen LogP contribution in [0.1, 0.15) is 142 Å². The summed E-state index contributed by atoms with van der Waals surface area (Å²) < 4.78 is 0. The molecule has 0 saturated heterocycles. The average Bonchev–Trinajstić information content (AvgIpc) is 2.80. The van der Waals surface area contributed by atoms with Crippen LogP contribution in [0.3, 0.4) is 0 Å². The van der Waals surface area contributed by atoms with Crippen molar-refractivity contribution in [3.05, 3.63) is 0 Å². The molecule has 7 heteroatoms. The van der Waals surface area contributed by atoms with E-state index < -0.39 is 16.2 Å². The van der Waals surface area contributed by atoms with Crippen LogP contribution in [0.25, 0.3) is 0 Å². The zero-order valence-electron chi connectivity index (χ0n) is 28.5. The Morgan fingerprint density at radius 3 is 0.675 bits per heavy atom. The number of rotatable bonds is 12. The van der Waals surface area contributed by atoms with E-state index in [2.05, 4.69) is 0 Å². The van der Waals surface area contributed by atoms with Gasteiger partial charge in [0.25, 0.3) is 0 Å². The summed E-state index contributed by atoms with van der Waals surface area (Å²) in [5.74, 6) is -1.71. The molecule has 40 heavy (non-hydrogen) atoms. The molecule has 0 aromatic carbocycles. The van der Waals surface area contributed by atoms with Crippen LogP contribution >= 0.6 is 0 Å². The van der Waals surface area contributed by atoms with E-state index in [0.29, 0.717) is 0 Å². The summed E-state index contributed by atoms with van der Waals surface area (Å²) in [6.45, 7) is 27.6. The molecule has 0 N–H and O–H groups in total. The minimum absolute atomic E-state index is 0. The Hall–Kier alpha value is -1.11. The summed E-state index contributed by atoms with van der Waals surface area (Å²) in [7, 11) is 0. The first-order chi connectivity index (χ1) is 17.4. The van der Waals surface area contributed by atoms with E-state index in [1.165, 1.54) is 0 Å². The van der Waals surface area contributed by atoms with Gasteiger partial charge in [-0.05, 0) is 19.3 Å². The molecule has 0 heterocycles. The van der Waals surface area contributed by atoms with Crippen LogP contribution in [0.5, 0.6) is 0 Å². The van der Waals surface area contributed by atoms with Gasteiger partial charge in [0, 0.05) is 59.8 Å². The molecule has 231 valence electrons. The fourth-order valence-electron chi connectivity index (χ4n) is 3.47. The molecule has 0 aromatic heterocycles. The maximum Gasteiger partial charge on any atom is 0.203 e. The Balaban J connectivity index is -0.000000240. The second-order valence-corrected chi connectivity index (χ2v) is 13.9. The number of Topliss-reactive ketones (excluding diaryl/α,β-unsaturated/α-hetero) is 6. The van der Waals surface area contributed by atoms with E-state index in [0.717, 1.165) is 38.5 Å². The molecule has 0 rings (SSSR count). The van der Waals surface area contributed by atoms with Crippen LogP contribution in [-0.4, -0.2) is 60.5 Å². The zero-order chi connectivity index (χ0) is 31.9. The van der Waals surface area contributed by atoms with Gasteiger partial charge in [0.2, 0.25) is 34.7 Å². The summed E-state index contributed by atoms with van der Waals surface area (Å²) in [5, 5.41) is 0. The first-order valence-corrected chi connectivity index (χ1v) is 14.7. The fourth-order valence-corrected chi connectivity index (χ4v) is 3.47. The summed E-state index contributed by atoms with van der Waals surface area (Å²) in [5.41, 5.74) is -1.59. The quantitative estimate of drug-likeness (QED) is 0.201. The van der Waals surface area contributed by atoms with Gasteiger partial charge in [-0.3, -0.25) is 28.8 Å². The van der Waals surface area contributed by atoms with Crippen molar-refractivity contribution in [3.63, 3.8) is 0 Å². The van der Waals surface area contributed by atoms with E-state index in [-0.39, 0.29) is 78.3 Å². The van der Waals surface area contributed by atoms with Crippen molar-refractivity contribution >= 4 is 60.5 Å². The standard InChI is InChI=1S/3C11H20O2.In/c3*1-6-7-8(2)9(12)10(13)11(3,4)5;/h3*8H,6-7H2,1-5H3;. The predicted molar refractivity (Wildman–Crippen MR) is 166 cm³/mol. The maximum absolute atomic E-state index is 11.5. The molecule has 3 atom stereocenters. The van der Waals surface area contributed by atoms with Crippen molar-refractivity contribution in [3.8, 4) is 0 Å². The number of hydrogen-bond acceptors (Lipinski definition) is 6. The van der Waals surface area contributed by atoms with E-state index in [9.17, 15) is 28.8 Å². The van der Waals surface area contributed by atoms with Crippen molar-refractivity contribution in [1.29, 1.82) is 0 Å². The molecule has 0 spiro atoms. The van der Waals surface area contributed by atoms with E-state index in [1.807, 2.05) is 41.5 Å². The van der Waals surface area contributed by atoms with Crippen LogP contribution in [0.2, 0.25) is 0 Å². The number of ketones is 6. The van der Waals surface area contributed by atoms with Gasteiger partial charge in [0.15, 0.2) is 0 Å². The number of carbonyl (C=O) groups is 6. The molecule has 0 bridgehead atoms. The van der Waals surface area contributed by atoms with Gasteiger partial charge in [-0.2, -0.15) is 0 Å². The second kappa shape index (κ2) is 20.7. The minimum Gasteiger partial charge on any atom is -0.291 e. The van der Waals surface area contributed by atoms with Crippen molar-refractivity contribution in [1.82, 2.24) is 0 Å². The Bertz CT molecular complexity index is 712. The van der Waals surface area contributed by atoms with Crippen molar-refractivity contribution < 1.29 is 28.8 Å². The summed E-state index contributed by atoms with van der Waals surface area (Å²) in [4.78, 5) is 69.2. The van der Waals surface area contributed by atoms with Gasteiger partial charge < -0.3 is 0 Å².